The lowest BCUT2D eigenvalue weighted by Crippen LogP contribution is -2.47. The van der Waals surface area contributed by atoms with Gasteiger partial charge >= 0.3 is 0 Å². The lowest BCUT2D eigenvalue weighted by Gasteiger charge is -2.26. The van der Waals surface area contributed by atoms with Crippen LogP contribution in [-0.2, 0) is 9.59 Å². The molecule has 0 spiro atoms. The molecule has 0 aromatic heterocycles. The molecule has 0 aliphatic carbocycles. The van der Waals surface area contributed by atoms with E-state index in [-0.39, 0.29) is 29.8 Å². The van der Waals surface area contributed by atoms with Gasteiger partial charge in [0.25, 0.3) is 0 Å². The van der Waals surface area contributed by atoms with Crippen LogP contribution in [0.5, 0.6) is 0 Å². The molecule has 2 rings (SSSR count). The first-order chi connectivity index (χ1) is 11.8. The second kappa shape index (κ2) is 7.97. The zero-order valence-corrected chi connectivity index (χ0v) is 15.7. The Morgan fingerprint density at radius 3 is 2.52 bits per heavy atom. The summed E-state index contributed by atoms with van der Waals surface area (Å²) in [5, 5.41) is 5.62. The predicted octanol–water partition coefficient (Wildman–Crippen LogP) is 1.42. The largest absolute Gasteiger partial charge is 0.346 e. The number of carbonyl (C=O) groups excluding carboxylic acids is 2. The Labute approximate surface area is 150 Å². The van der Waals surface area contributed by atoms with Gasteiger partial charge in [0.2, 0.25) is 11.8 Å². The Bertz CT molecular complexity index is 626. The van der Waals surface area contributed by atoms with Crippen molar-refractivity contribution in [3.05, 3.63) is 29.3 Å². The van der Waals surface area contributed by atoms with Crippen molar-refractivity contribution >= 4 is 17.5 Å². The Kier molecular flexibility index (Phi) is 6.19. The van der Waals surface area contributed by atoms with Gasteiger partial charge in [-0.3, -0.25) is 14.5 Å². The van der Waals surface area contributed by atoms with Crippen LogP contribution < -0.4 is 16.4 Å². The minimum atomic E-state index is -0.263. The van der Waals surface area contributed by atoms with E-state index in [1.54, 1.807) is 0 Å². The molecule has 2 unspecified atom stereocenters. The smallest absolute Gasteiger partial charge is 0.243 e. The van der Waals surface area contributed by atoms with Crippen LogP contribution in [0, 0.1) is 19.3 Å². The van der Waals surface area contributed by atoms with E-state index >= 15 is 0 Å². The molecule has 25 heavy (non-hydrogen) atoms. The number of benzene rings is 1. The number of para-hydroxylation sites is 1. The number of likely N-dealkylation sites (tertiary alicyclic amines) is 1. The molecule has 6 heteroatoms. The average Bonchev–Trinajstić information content (AvgIpc) is 2.98. The van der Waals surface area contributed by atoms with Crippen molar-refractivity contribution in [2.75, 3.05) is 31.5 Å². The summed E-state index contributed by atoms with van der Waals surface area (Å²) in [6.45, 7) is 10.2. The van der Waals surface area contributed by atoms with Crippen molar-refractivity contribution in [1.29, 1.82) is 0 Å². The highest BCUT2D eigenvalue weighted by Gasteiger charge is 2.36. The maximum absolute atomic E-state index is 12.4. The van der Waals surface area contributed by atoms with Gasteiger partial charge in [-0.2, -0.15) is 0 Å². The topological polar surface area (TPSA) is 87.5 Å². The van der Waals surface area contributed by atoms with E-state index in [0.717, 1.165) is 36.3 Å². The molecule has 4 N–H and O–H groups in total. The van der Waals surface area contributed by atoms with E-state index in [9.17, 15) is 9.59 Å². The summed E-state index contributed by atoms with van der Waals surface area (Å²) in [6, 6.07) is 5.59. The van der Waals surface area contributed by atoms with Gasteiger partial charge in [0.1, 0.15) is 0 Å². The van der Waals surface area contributed by atoms with Crippen molar-refractivity contribution in [2.24, 2.45) is 11.1 Å². The predicted molar refractivity (Wildman–Crippen MR) is 100 cm³/mol. The third kappa shape index (κ3) is 4.80. The molecule has 138 valence electrons. The molecule has 1 heterocycles. The summed E-state index contributed by atoms with van der Waals surface area (Å²) in [7, 11) is 0. The number of anilines is 1. The molecule has 0 bridgehead atoms. The number of hydrogen-bond acceptors (Lipinski definition) is 4. The van der Waals surface area contributed by atoms with Crippen molar-refractivity contribution in [3.8, 4) is 0 Å². The molecule has 6 nitrogen and oxygen atoms in total. The molecule has 1 fully saturated rings. The molecule has 0 radical (unpaired) electrons. The Morgan fingerprint density at radius 2 is 1.96 bits per heavy atom. The fourth-order valence-electron chi connectivity index (χ4n) is 3.24. The van der Waals surface area contributed by atoms with Crippen LogP contribution in [0.3, 0.4) is 0 Å². The van der Waals surface area contributed by atoms with Crippen molar-refractivity contribution in [2.45, 2.75) is 40.2 Å². The van der Waals surface area contributed by atoms with Gasteiger partial charge in [0, 0.05) is 12.2 Å². The van der Waals surface area contributed by atoms with E-state index in [2.05, 4.69) is 22.5 Å². The van der Waals surface area contributed by atoms with Crippen LogP contribution in [0.2, 0.25) is 0 Å². The number of amides is 2. The molecule has 0 saturated carbocycles. The molecule has 1 aliphatic rings. The standard InChI is InChI=1S/C19H30N4O2/c1-13-6-5-7-14(2)17(13)22-16(24)10-21-18(25)15(3)23-9-8-19(4,11-20)12-23/h5-7,15H,8-12,20H2,1-4H3,(H,21,25)(H,22,24). The Balaban J connectivity index is 1.84. The van der Waals surface area contributed by atoms with Crippen LogP contribution in [0.25, 0.3) is 0 Å². The summed E-state index contributed by atoms with van der Waals surface area (Å²) < 4.78 is 0. The zero-order chi connectivity index (χ0) is 18.6. The second-order valence-electron chi connectivity index (χ2n) is 7.44. The van der Waals surface area contributed by atoms with Gasteiger partial charge in [-0.15, -0.1) is 0 Å². The number of nitrogens with one attached hydrogen (secondary N) is 2. The highest BCUT2D eigenvalue weighted by atomic mass is 16.2. The van der Waals surface area contributed by atoms with Gasteiger partial charge in [-0.1, -0.05) is 25.1 Å². The fourth-order valence-corrected chi connectivity index (χ4v) is 3.24. The van der Waals surface area contributed by atoms with Crippen LogP contribution in [-0.4, -0.2) is 48.9 Å². The Hall–Kier alpha value is -1.92. The van der Waals surface area contributed by atoms with Gasteiger partial charge < -0.3 is 16.4 Å². The SMILES string of the molecule is Cc1cccc(C)c1NC(=O)CNC(=O)C(C)N1CCC(C)(CN)C1. The normalized spacial score (nSPS) is 21.8. The zero-order valence-electron chi connectivity index (χ0n) is 15.7. The fraction of sp³-hybridized carbons (Fsp3) is 0.579. The van der Waals surface area contributed by atoms with Gasteiger partial charge in [0.05, 0.1) is 12.6 Å². The van der Waals surface area contributed by atoms with Gasteiger partial charge in [0.15, 0.2) is 0 Å². The maximum atomic E-state index is 12.4. The summed E-state index contributed by atoms with van der Waals surface area (Å²) in [5.41, 5.74) is 8.72. The third-order valence-electron chi connectivity index (χ3n) is 5.18. The first kappa shape index (κ1) is 19.4. The van der Waals surface area contributed by atoms with Gasteiger partial charge in [-0.25, -0.2) is 0 Å². The van der Waals surface area contributed by atoms with Crippen molar-refractivity contribution in [1.82, 2.24) is 10.2 Å². The highest BCUT2D eigenvalue weighted by Crippen LogP contribution is 2.29. The molecule has 1 aromatic carbocycles. The molecule has 2 amide bonds. The Morgan fingerprint density at radius 1 is 1.32 bits per heavy atom. The number of hydrogen-bond donors (Lipinski definition) is 3. The number of aryl methyl sites for hydroxylation is 2. The summed E-state index contributed by atoms with van der Waals surface area (Å²) >= 11 is 0. The monoisotopic (exact) mass is 346 g/mol. The molecular weight excluding hydrogens is 316 g/mol. The number of nitrogens with zero attached hydrogens (tertiary/aromatic N) is 1. The summed E-state index contributed by atoms with van der Waals surface area (Å²) in [5.74, 6) is -0.343. The quantitative estimate of drug-likeness (QED) is 0.727. The van der Waals surface area contributed by atoms with Crippen LogP contribution in [0.4, 0.5) is 5.69 Å². The third-order valence-corrected chi connectivity index (χ3v) is 5.18. The first-order valence-electron chi connectivity index (χ1n) is 8.83. The number of carbonyl (C=O) groups is 2. The van der Waals surface area contributed by atoms with Crippen LogP contribution in [0.1, 0.15) is 31.4 Å². The minimum absolute atomic E-state index is 0.0288. The average molecular weight is 346 g/mol. The second-order valence-corrected chi connectivity index (χ2v) is 7.44. The molecular formula is C19H30N4O2. The molecule has 2 atom stereocenters. The molecule has 1 saturated heterocycles. The van der Waals surface area contributed by atoms with Crippen LogP contribution in [0.15, 0.2) is 18.2 Å². The summed E-state index contributed by atoms with van der Waals surface area (Å²) in [4.78, 5) is 26.6. The summed E-state index contributed by atoms with van der Waals surface area (Å²) in [6.07, 6.45) is 0.994. The van der Waals surface area contributed by atoms with Crippen LogP contribution >= 0.6 is 0 Å². The van der Waals surface area contributed by atoms with E-state index < -0.39 is 0 Å². The molecule has 1 aliphatic heterocycles. The maximum Gasteiger partial charge on any atom is 0.243 e. The minimum Gasteiger partial charge on any atom is -0.346 e. The number of nitrogens with two attached hydrogens (primary N) is 1. The van der Waals surface area contributed by atoms with E-state index in [4.69, 9.17) is 5.73 Å². The highest BCUT2D eigenvalue weighted by molar-refractivity contribution is 5.96. The van der Waals surface area contributed by atoms with E-state index in [1.165, 1.54) is 0 Å². The van der Waals surface area contributed by atoms with Crippen molar-refractivity contribution in [3.63, 3.8) is 0 Å². The van der Waals surface area contributed by atoms with Gasteiger partial charge in [-0.05, 0) is 56.8 Å². The van der Waals surface area contributed by atoms with E-state index in [0.29, 0.717) is 6.54 Å². The van der Waals surface area contributed by atoms with E-state index in [1.807, 2.05) is 39.0 Å². The molecule has 1 aromatic rings. The van der Waals surface area contributed by atoms with Crippen molar-refractivity contribution < 1.29 is 9.59 Å². The number of rotatable bonds is 6. The lowest BCUT2D eigenvalue weighted by molar-refractivity contribution is -0.127. The first-order valence-corrected chi connectivity index (χ1v) is 8.83. The lowest BCUT2D eigenvalue weighted by atomic mass is 9.90.